The van der Waals surface area contributed by atoms with E-state index in [9.17, 15) is 8.42 Å². The van der Waals surface area contributed by atoms with Crippen molar-refractivity contribution in [3.05, 3.63) is 0 Å². The van der Waals surface area contributed by atoms with Gasteiger partial charge in [0.2, 0.25) is 0 Å². The average molecular weight is 222 g/mol. The van der Waals surface area contributed by atoms with Gasteiger partial charge in [-0.2, -0.15) is 0 Å². The van der Waals surface area contributed by atoms with Gasteiger partial charge in [-0.15, -0.1) is 0 Å². The van der Waals surface area contributed by atoms with E-state index in [1.807, 2.05) is 7.05 Å². The minimum absolute atomic E-state index is 0.250. The molecule has 0 fully saturated rings. The Hall–Kier alpha value is -0.130. The van der Waals surface area contributed by atoms with E-state index in [2.05, 4.69) is 4.90 Å². The van der Waals surface area contributed by atoms with Gasteiger partial charge in [0.25, 0.3) is 0 Å². The second-order valence-corrected chi connectivity index (χ2v) is 6.04. The molecular formula is C9H22N2O2S. The summed E-state index contributed by atoms with van der Waals surface area (Å²) in [6.07, 6.45) is 4.55. The number of unbranched alkanes of at least 4 members (excludes halogenated alkanes) is 2. The molecule has 0 rings (SSSR count). The van der Waals surface area contributed by atoms with Crippen molar-refractivity contribution in [1.82, 2.24) is 4.90 Å². The van der Waals surface area contributed by atoms with Gasteiger partial charge in [-0.25, -0.2) is 8.42 Å². The van der Waals surface area contributed by atoms with E-state index in [0.717, 1.165) is 32.4 Å². The fourth-order valence-corrected chi connectivity index (χ4v) is 1.78. The van der Waals surface area contributed by atoms with Gasteiger partial charge >= 0.3 is 0 Å². The van der Waals surface area contributed by atoms with Crippen molar-refractivity contribution in [2.75, 3.05) is 38.7 Å². The van der Waals surface area contributed by atoms with E-state index >= 15 is 0 Å². The van der Waals surface area contributed by atoms with E-state index in [4.69, 9.17) is 5.73 Å². The Morgan fingerprint density at radius 2 is 1.79 bits per heavy atom. The minimum atomic E-state index is -2.82. The lowest BCUT2D eigenvalue weighted by molar-refractivity contribution is 0.342. The standard InChI is InChI=1S/C9H22N2O2S/c1-11(7-5-3-4-6-10)8-9-14(2,12)13/h3-10H2,1-2H3. The zero-order valence-electron chi connectivity index (χ0n) is 9.20. The van der Waals surface area contributed by atoms with Crippen LogP contribution in [0, 0.1) is 0 Å². The Morgan fingerprint density at radius 3 is 2.29 bits per heavy atom. The Labute approximate surface area is 87.4 Å². The topological polar surface area (TPSA) is 63.4 Å². The Kier molecular flexibility index (Phi) is 7.13. The maximum atomic E-state index is 10.9. The molecule has 0 saturated carbocycles. The lowest BCUT2D eigenvalue weighted by Gasteiger charge is -2.15. The summed E-state index contributed by atoms with van der Waals surface area (Å²) in [7, 11) is -0.864. The number of sulfone groups is 1. The first kappa shape index (κ1) is 13.9. The lowest BCUT2D eigenvalue weighted by atomic mass is 10.2. The average Bonchev–Trinajstić information content (AvgIpc) is 2.08. The van der Waals surface area contributed by atoms with Crippen molar-refractivity contribution >= 4 is 9.84 Å². The number of rotatable bonds is 8. The fraction of sp³-hybridized carbons (Fsp3) is 1.00. The smallest absolute Gasteiger partial charge is 0.148 e. The van der Waals surface area contributed by atoms with E-state index in [1.54, 1.807) is 0 Å². The molecule has 0 unspecified atom stereocenters. The van der Waals surface area contributed by atoms with E-state index in [1.165, 1.54) is 6.26 Å². The predicted octanol–water partition coefficient (Wildman–Crippen LogP) is 0.0918. The molecule has 0 aromatic heterocycles. The molecule has 0 bridgehead atoms. The van der Waals surface area contributed by atoms with Crippen LogP contribution >= 0.6 is 0 Å². The monoisotopic (exact) mass is 222 g/mol. The van der Waals surface area contributed by atoms with Crippen LogP contribution in [0.1, 0.15) is 19.3 Å². The van der Waals surface area contributed by atoms with Crippen LogP contribution < -0.4 is 5.73 Å². The normalized spacial score (nSPS) is 12.3. The molecule has 0 saturated heterocycles. The molecule has 0 aliphatic rings. The summed E-state index contributed by atoms with van der Waals surface area (Å²) in [5.41, 5.74) is 5.37. The first-order valence-corrected chi connectivity index (χ1v) is 7.08. The zero-order chi connectivity index (χ0) is 11.0. The first-order valence-electron chi connectivity index (χ1n) is 5.02. The van der Waals surface area contributed by atoms with Gasteiger partial charge in [-0.1, -0.05) is 6.42 Å². The second kappa shape index (κ2) is 7.20. The molecule has 0 heterocycles. The number of hydrogen-bond acceptors (Lipinski definition) is 4. The van der Waals surface area contributed by atoms with Crippen molar-refractivity contribution < 1.29 is 8.42 Å². The zero-order valence-corrected chi connectivity index (χ0v) is 10.0. The molecule has 4 nitrogen and oxygen atoms in total. The minimum Gasteiger partial charge on any atom is -0.330 e. The van der Waals surface area contributed by atoms with Crippen LogP contribution in [0.5, 0.6) is 0 Å². The molecule has 0 aromatic carbocycles. The van der Waals surface area contributed by atoms with Crippen LogP contribution in [0.2, 0.25) is 0 Å². The van der Waals surface area contributed by atoms with Gasteiger partial charge in [0.15, 0.2) is 0 Å². The summed E-state index contributed by atoms with van der Waals surface area (Å²) in [5, 5.41) is 0. The molecule has 0 radical (unpaired) electrons. The first-order chi connectivity index (χ1) is 6.45. The van der Waals surface area contributed by atoms with E-state index in [0.29, 0.717) is 6.54 Å². The maximum absolute atomic E-state index is 10.9. The third-order valence-corrected chi connectivity index (χ3v) is 3.01. The van der Waals surface area contributed by atoms with Gasteiger partial charge in [-0.3, -0.25) is 0 Å². The molecule has 5 heteroatoms. The third kappa shape index (κ3) is 9.95. The van der Waals surface area contributed by atoms with Crippen molar-refractivity contribution in [3.63, 3.8) is 0 Å². The van der Waals surface area contributed by atoms with Crippen LogP contribution in [-0.2, 0) is 9.84 Å². The molecule has 0 aromatic rings. The summed E-state index contributed by atoms with van der Waals surface area (Å²) in [6, 6.07) is 0. The van der Waals surface area contributed by atoms with Gasteiger partial charge < -0.3 is 10.6 Å². The van der Waals surface area contributed by atoms with Gasteiger partial charge in [-0.05, 0) is 33.0 Å². The highest BCUT2D eigenvalue weighted by atomic mass is 32.2. The van der Waals surface area contributed by atoms with Crippen molar-refractivity contribution in [1.29, 1.82) is 0 Å². The van der Waals surface area contributed by atoms with Crippen LogP contribution in [0.25, 0.3) is 0 Å². The largest absolute Gasteiger partial charge is 0.330 e. The Morgan fingerprint density at radius 1 is 1.14 bits per heavy atom. The summed E-state index contributed by atoms with van der Waals surface area (Å²) in [4.78, 5) is 2.05. The van der Waals surface area contributed by atoms with Crippen LogP contribution in [0.15, 0.2) is 0 Å². The molecule has 0 aliphatic heterocycles. The molecule has 0 amide bonds. The molecule has 0 atom stereocenters. The van der Waals surface area contributed by atoms with Crippen LogP contribution in [0.3, 0.4) is 0 Å². The number of hydrogen-bond donors (Lipinski definition) is 1. The lowest BCUT2D eigenvalue weighted by Crippen LogP contribution is -2.26. The molecule has 86 valence electrons. The molecular weight excluding hydrogens is 200 g/mol. The third-order valence-electron chi connectivity index (χ3n) is 2.09. The van der Waals surface area contributed by atoms with Crippen molar-refractivity contribution in [3.8, 4) is 0 Å². The SMILES string of the molecule is CN(CCCCCN)CCS(C)(=O)=O. The summed E-state index contributed by atoms with van der Waals surface area (Å²) in [6.45, 7) is 2.32. The number of nitrogens with zero attached hydrogens (tertiary/aromatic N) is 1. The van der Waals surface area contributed by atoms with Gasteiger partial charge in [0, 0.05) is 12.8 Å². The predicted molar refractivity (Wildman–Crippen MR) is 60.1 cm³/mol. The summed E-state index contributed by atoms with van der Waals surface area (Å²) in [5.74, 6) is 0.250. The highest BCUT2D eigenvalue weighted by Crippen LogP contribution is 1.96. The van der Waals surface area contributed by atoms with Crippen molar-refractivity contribution in [2.45, 2.75) is 19.3 Å². The van der Waals surface area contributed by atoms with E-state index in [-0.39, 0.29) is 5.75 Å². The Balaban J connectivity index is 3.42. The van der Waals surface area contributed by atoms with Gasteiger partial charge in [0.05, 0.1) is 5.75 Å². The fourth-order valence-electron chi connectivity index (χ4n) is 1.14. The van der Waals surface area contributed by atoms with Crippen LogP contribution in [0.4, 0.5) is 0 Å². The molecule has 0 spiro atoms. The molecule has 0 aliphatic carbocycles. The highest BCUT2D eigenvalue weighted by Gasteiger charge is 2.04. The Bertz CT molecular complexity index is 227. The molecule has 14 heavy (non-hydrogen) atoms. The second-order valence-electron chi connectivity index (χ2n) is 3.78. The maximum Gasteiger partial charge on any atom is 0.148 e. The van der Waals surface area contributed by atoms with E-state index < -0.39 is 9.84 Å². The highest BCUT2D eigenvalue weighted by molar-refractivity contribution is 7.90. The summed E-state index contributed by atoms with van der Waals surface area (Å²) >= 11 is 0. The van der Waals surface area contributed by atoms with Crippen molar-refractivity contribution in [2.24, 2.45) is 5.73 Å². The summed E-state index contributed by atoms with van der Waals surface area (Å²) < 4.78 is 21.7. The number of nitrogens with two attached hydrogens (primary N) is 1. The van der Waals surface area contributed by atoms with Gasteiger partial charge in [0.1, 0.15) is 9.84 Å². The molecule has 2 N–H and O–H groups in total. The quantitative estimate of drug-likeness (QED) is 0.591. The van der Waals surface area contributed by atoms with Crippen LogP contribution in [-0.4, -0.2) is 52.0 Å².